The molecule has 0 spiro atoms. The molecule has 3 rings (SSSR count). The molecule has 2 saturated heterocycles. The quantitative estimate of drug-likeness (QED) is 0.890. The summed E-state index contributed by atoms with van der Waals surface area (Å²) in [5.41, 5.74) is 0.576. The Morgan fingerprint density at radius 1 is 1.39 bits per heavy atom. The molecule has 1 amide bonds. The number of hydrogen-bond donors (Lipinski definition) is 1. The van der Waals surface area contributed by atoms with Crippen LogP contribution in [-0.2, 0) is 4.74 Å². The third-order valence-corrected chi connectivity index (χ3v) is 4.62. The first-order valence-electron chi connectivity index (χ1n) is 8.39. The smallest absolute Gasteiger partial charge is 0.253 e. The van der Waals surface area contributed by atoms with Gasteiger partial charge in [0, 0.05) is 44.5 Å². The Hall–Kier alpha value is -1.66. The van der Waals surface area contributed by atoms with E-state index < -0.39 is 0 Å². The first-order valence-corrected chi connectivity index (χ1v) is 8.39. The molecule has 0 aromatic carbocycles. The number of rotatable bonds is 5. The predicted octanol–water partition coefficient (Wildman–Crippen LogP) is 1.46. The third-order valence-electron chi connectivity index (χ3n) is 4.62. The lowest BCUT2D eigenvalue weighted by Gasteiger charge is -2.33. The largest absolute Gasteiger partial charge is 0.481 e. The number of nitrogens with one attached hydrogen (secondary N) is 1. The Kier molecular flexibility index (Phi) is 5.46. The van der Waals surface area contributed by atoms with Crippen LogP contribution >= 0.6 is 0 Å². The fourth-order valence-corrected chi connectivity index (χ4v) is 3.24. The van der Waals surface area contributed by atoms with E-state index in [2.05, 4.69) is 15.2 Å². The van der Waals surface area contributed by atoms with Gasteiger partial charge in [0.1, 0.15) is 0 Å². The van der Waals surface area contributed by atoms with Crippen LogP contribution < -0.4 is 10.1 Å². The molecule has 1 atom stereocenters. The monoisotopic (exact) mass is 319 g/mol. The van der Waals surface area contributed by atoms with E-state index in [1.54, 1.807) is 25.4 Å². The molecule has 0 aliphatic carbocycles. The van der Waals surface area contributed by atoms with Crippen LogP contribution in [0, 0.1) is 0 Å². The van der Waals surface area contributed by atoms with E-state index in [9.17, 15) is 4.79 Å². The van der Waals surface area contributed by atoms with E-state index in [-0.39, 0.29) is 11.9 Å². The average molecular weight is 319 g/mol. The first-order chi connectivity index (χ1) is 11.2. The Bertz CT molecular complexity index is 506. The molecule has 0 unspecified atom stereocenters. The van der Waals surface area contributed by atoms with Crippen molar-refractivity contribution in [2.45, 2.75) is 37.8 Å². The van der Waals surface area contributed by atoms with Gasteiger partial charge in [-0.05, 0) is 31.7 Å². The lowest BCUT2D eigenvalue weighted by molar-refractivity contribution is 0.0613. The van der Waals surface area contributed by atoms with Gasteiger partial charge in [-0.1, -0.05) is 0 Å². The maximum absolute atomic E-state index is 12.2. The van der Waals surface area contributed by atoms with Crippen LogP contribution in [0.3, 0.4) is 0 Å². The second-order valence-electron chi connectivity index (χ2n) is 6.27. The maximum Gasteiger partial charge on any atom is 0.253 e. The van der Waals surface area contributed by atoms with Crippen LogP contribution in [0.25, 0.3) is 0 Å². The molecule has 1 aromatic rings. The predicted molar refractivity (Wildman–Crippen MR) is 86.7 cm³/mol. The number of nitrogens with zero attached hydrogens (tertiary/aromatic N) is 2. The van der Waals surface area contributed by atoms with Gasteiger partial charge in [-0.15, -0.1) is 0 Å². The highest BCUT2D eigenvalue weighted by molar-refractivity contribution is 5.94. The van der Waals surface area contributed by atoms with Crippen molar-refractivity contribution in [2.24, 2.45) is 0 Å². The number of piperidine rings is 1. The van der Waals surface area contributed by atoms with Gasteiger partial charge < -0.3 is 19.7 Å². The zero-order valence-electron chi connectivity index (χ0n) is 13.7. The zero-order valence-corrected chi connectivity index (χ0v) is 13.7. The molecule has 2 aliphatic rings. The van der Waals surface area contributed by atoms with Crippen molar-refractivity contribution in [3.8, 4) is 5.88 Å². The van der Waals surface area contributed by atoms with Crippen molar-refractivity contribution < 1.29 is 14.3 Å². The summed E-state index contributed by atoms with van der Waals surface area (Å²) < 4.78 is 10.7. The number of amides is 1. The van der Waals surface area contributed by atoms with Crippen LogP contribution in [0.5, 0.6) is 5.88 Å². The number of carbonyl (C=O) groups is 1. The molecule has 6 nitrogen and oxygen atoms in total. The zero-order chi connectivity index (χ0) is 16.1. The molecule has 23 heavy (non-hydrogen) atoms. The van der Waals surface area contributed by atoms with Gasteiger partial charge in [-0.3, -0.25) is 4.79 Å². The lowest BCUT2D eigenvalue weighted by Crippen LogP contribution is -2.46. The van der Waals surface area contributed by atoms with E-state index in [0.29, 0.717) is 17.5 Å². The van der Waals surface area contributed by atoms with Crippen molar-refractivity contribution in [1.29, 1.82) is 0 Å². The normalized spacial score (nSPS) is 22.9. The highest BCUT2D eigenvalue weighted by atomic mass is 16.5. The minimum atomic E-state index is -0.0577. The maximum atomic E-state index is 12.2. The van der Waals surface area contributed by atoms with E-state index >= 15 is 0 Å². The number of hydrogen-bond acceptors (Lipinski definition) is 5. The fourth-order valence-electron chi connectivity index (χ4n) is 3.24. The third kappa shape index (κ3) is 4.42. The van der Waals surface area contributed by atoms with Crippen molar-refractivity contribution in [3.05, 3.63) is 23.9 Å². The molecule has 0 bridgehead atoms. The average Bonchev–Trinajstić information content (AvgIpc) is 3.10. The van der Waals surface area contributed by atoms with Crippen molar-refractivity contribution in [1.82, 2.24) is 15.2 Å². The summed E-state index contributed by atoms with van der Waals surface area (Å²) in [6.07, 6.45) is 6.31. The molecule has 0 radical (unpaired) electrons. The highest BCUT2D eigenvalue weighted by Gasteiger charge is 2.24. The van der Waals surface area contributed by atoms with Gasteiger partial charge in [0.05, 0.1) is 18.8 Å². The molecule has 0 saturated carbocycles. The summed E-state index contributed by atoms with van der Waals surface area (Å²) in [4.78, 5) is 18.8. The minimum absolute atomic E-state index is 0.0577. The van der Waals surface area contributed by atoms with Gasteiger partial charge in [0.15, 0.2) is 0 Å². The number of carbonyl (C=O) groups excluding carboxylic acids is 1. The van der Waals surface area contributed by atoms with Crippen LogP contribution in [0.1, 0.15) is 36.0 Å². The summed E-state index contributed by atoms with van der Waals surface area (Å²) in [5.74, 6) is 0.460. The van der Waals surface area contributed by atoms with Crippen LogP contribution in [-0.4, -0.2) is 61.3 Å². The number of likely N-dealkylation sites (tertiary alicyclic amines) is 1. The number of methoxy groups -OCH3 is 1. The van der Waals surface area contributed by atoms with E-state index in [4.69, 9.17) is 9.47 Å². The Labute approximate surface area is 137 Å². The Morgan fingerprint density at radius 2 is 2.22 bits per heavy atom. The van der Waals surface area contributed by atoms with Gasteiger partial charge >= 0.3 is 0 Å². The Morgan fingerprint density at radius 3 is 2.83 bits per heavy atom. The van der Waals surface area contributed by atoms with E-state index in [1.165, 1.54) is 12.8 Å². The van der Waals surface area contributed by atoms with Crippen LogP contribution in [0.2, 0.25) is 0 Å². The van der Waals surface area contributed by atoms with Crippen LogP contribution in [0.4, 0.5) is 0 Å². The molecule has 6 heteroatoms. The second-order valence-corrected chi connectivity index (χ2v) is 6.27. The van der Waals surface area contributed by atoms with E-state index in [0.717, 1.165) is 39.1 Å². The topological polar surface area (TPSA) is 63.7 Å². The summed E-state index contributed by atoms with van der Waals surface area (Å²) in [6.45, 7) is 3.98. The fraction of sp³-hybridized carbons (Fsp3) is 0.647. The van der Waals surface area contributed by atoms with Gasteiger partial charge in [-0.25, -0.2) is 4.98 Å². The second kappa shape index (κ2) is 7.75. The molecule has 1 N–H and O–H groups in total. The minimum Gasteiger partial charge on any atom is -0.481 e. The standard InChI is InChI=1S/C17H25N3O3/c1-22-16-5-4-13(11-18-16)17(21)19-14-6-8-20(9-7-14)12-15-3-2-10-23-15/h4-5,11,14-15H,2-3,6-10,12H2,1H3,(H,19,21)/t15-/m1/s1. The molecular weight excluding hydrogens is 294 g/mol. The SMILES string of the molecule is COc1ccc(C(=O)NC2CCN(C[C@H]3CCCO3)CC2)cn1. The van der Waals surface area contributed by atoms with Gasteiger partial charge in [-0.2, -0.15) is 0 Å². The van der Waals surface area contributed by atoms with Crippen molar-refractivity contribution >= 4 is 5.91 Å². The van der Waals surface area contributed by atoms with Crippen LogP contribution in [0.15, 0.2) is 18.3 Å². The number of aromatic nitrogens is 1. The number of pyridine rings is 1. The summed E-state index contributed by atoms with van der Waals surface area (Å²) >= 11 is 0. The van der Waals surface area contributed by atoms with Crippen molar-refractivity contribution in [2.75, 3.05) is 33.4 Å². The first kappa shape index (κ1) is 16.2. The molecular formula is C17H25N3O3. The molecule has 1 aromatic heterocycles. The molecule has 126 valence electrons. The van der Waals surface area contributed by atoms with E-state index in [1.807, 2.05) is 0 Å². The lowest BCUT2D eigenvalue weighted by atomic mass is 10.0. The summed E-state index contributed by atoms with van der Waals surface area (Å²) in [6, 6.07) is 3.69. The summed E-state index contributed by atoms with van der Waals surface area (Å²) in [7, 11) is 1.56. The summed E-state index contributed by atoms with van der Waals surface area (Å²) in [5, 5.41) is 3.11. The van der Waals surface area contributed by atoms with Gasteiger partial charge in [0.25, 0.3) is 5.91 Å². The molecule has 2 aliphatic heterocycles. The highest BCUT2D eigenvalue weighted by Crippen LogP contribution is 2.17. The molecule has 3 heterocycles. The number of ether oxygens (including phenoxy) is 2. The van der Waals surface area contributed by atoms with Crippen molar-refractivity contribution in [3.63, 3.8) is 0 Å². The van der Waals surface area contributed by atoms with Gasteiger partial charge in [0.2, 0.25) is 5.88 Å². The Balaban J connectivity index is 1.43. The molecule has 2 fully saturated rings.